The highest BCUT2D eigenvalue weighted by Gasteiger charge is 2.22. The van der Waals surface area contributed by atoms with Gasteiger partial charge in [0, 0.05) is 30.5 Å². The van der Waals surface area contributed by atoms with Gasteiger partial charge in [-0.3, -0.25) is 14.9 Å². The van der Waals surface area contributed by atoms with E-state index >= 15 is 0 Å². The Hall–Kier alpha value is -2.08. The topological polar surface area (TPSA) is 82.7 Å². The molecule has 3 rings (SSSR count). The maximum Gasteiger partial charge on any atom is 0.253 e. The van der Waals surface area contributed by atoms with Crippen LogP contribution in [0.2, 0.25) is 5.02 Å². The second-order valence-corrected chi connectivity index (χ2v) is 8.10. The predicted molar refractivity (Wildman–Crippen MR) is 120 cm³/mol. The van der Waals surface area contributed by atoms with Crippen LogP contribution in [-0.4, -0.2) is 34.2 Å². The predicted octanol–water partition coefficient (Wildman–Crippen LogP) is 5.06. The number of halogens is 1. The van der Waals surface area contributed by atoms with Gasteiger partial charge in [0.15, 0.2) is 5.82 Å². The van der Waals surface area contributed by atoms with Crippen LogP contribution in [0, 0.1) is 19.8 Å². The Morgan fingerprint density at radius 2 is 1.93 bits per heavy atom. The van der Waals surface area contributed by atoms with Crippen molar-refractivity contribution in [2.24, 2.45) is 5.92 Å². The number of aromatic nitrogens is 3. The molecule has 1 aliphatic rings. The summed E-state index contributed by atoms with van der Waals surface area (Å²) in [6, 6.07) is 1.99. The summed E-state index contributed by atoms with van der Waals surface area (Å²) in [6.45, 7) is 8.25. The van der Waals surface area contributed by atoms with Gasteiger partial charge in [0.25, 0.3) is 5.91 Å². The summed E-state index contributed by atoms with van der Waals surface area (Å²) in [6.07, 6.45) is 8.43. The molecule has 7 heteroatoms. The number of rotatable bonds is 5. The molecule has 1 aliphatic carbocycles. The number of carbonyl (C=O) groups excluding carboxylic acids is 1. The largest absolute Gasteiger partial charge is 0.371 e. The van der Waals surface area contributed by atoms with Crippen molar-refractivity contribution in [2.75, 3.05) is 12.4 Å². The molecule has 0 saturated heterocycles. The summed E-state index contributed by atoms with van der Waals surface area (Å²) in [4.78, 5) is 16.4. The molecule has 1 amide bonds. The zero-order valence-electron chi connectivity index (χ0n) is 18.2. The monoisotopic (exact) mass is 419 g/mol. The van der Waals surface area contributed by atoms with Gasteiger partial charge in [0.2, 0.25) is 0 Å². The lowest BCUT2D eigenvalue weighted by atomic mass is 9.84. The second kappa shape index (κ2) is 11.2. The van der Waals surface area contributed by atoms with Gasteiger partial charge in [0.05, 0.1) is 16.3 Å². The minimum absolute atomic E-state index is 0.0487. The fourth-order valence-electron chi connectivity index (χ4n) is 3.74. The number of aromatic amines is 1. The number of H-pyrrole nitrogens is 1. The first-order chi connectivity index (χ1) is 13.9. The fraction of sp³-hybridized carbons (Fsp3) is 0.591. The van der Waals surface area contributed by atoms with E-state index < -0.39 is 0 Å². The van der Waals surface area contributed by atoms with E-state index in [4.69, 9.17) is 11.6 Å². The first-order valence-corrected chi connectivity index (χ1v) is 10.9. The summed E-state index contributed by atoms with van der Waals surface area (Å²) in [7, 11) is 1.88. The summed E-state index contributed by atoms with van der Waals surface area (Å²) in [5, 5.41) is 13.7. The number of hydrogen-bond acceptors (Lipinski definition) is 4. The third kappa shape index (κ3) is 6.46. The van der Waals surface area contributed by atoms with Crippen LogP contribution in [-0.2, 0) is 6.42 Å². The highest BCUT2D eigenvalue weighted by atomic mass is 35.5. The molecule has 0 spiro atoms. The second-order valence-electron chi connectivity index (χ2n) is 7.67. The molecule has 1 saturated carbocycles. The SMILES string of the molecule is CCC1CCC(NC(=O)c2cc(Cl)cnc2C)CC1.CCc1[nH]nc(NC)c1C. The first-order valence-electron chi connectivity index (χ1n) is 10.5. The number of pyridine rings is 1. The molecular weight excluding hydrogens is 386 g/mol. The Morgan fingerprint density at radius 1 is 1.24 bits per heavy atom. The average Bonchev–Trinajstić information content (AvgIpc) is 3.10. The zero-order chi connectivity index (χ0) is 21.4. The van der Waals surface area contributed by atoms with E-state index in [9.17, 15) is 4.79 Å². The molecule has 0 aliphatic heterocycles. The minimum Gasteiger partial charge on any atom is -0.371 e. The third-order valence-electron chi connectivity index (χ3n) is 5.76. The van der Waals surface area contributed by atoms with Crippen molar-refractivity contribution < 1.29 is 4.79 Å². The van der Waals surface area contributed by atoms with Gasteiger partial charge in [-0.05, 0) is 57.9 Å². The van der Waals surface area contributed by atoms with E-state index in [-0.39, 0.29) is 5.91 Å². The molecule has 6 nitrogen and oxygen atoms in total. The van der Waals surface area contributed by atoms with E-state index in [0.717, 1.165) is 36.7 Å². The van der Waals surface area contributed by atoms with E-state index in [2.05, 4.69) is 46.6 Å². The van der Waals surface area contributed by atoms with Crippen molar-refractivity contribution in [3.63, 3.8) is 0 Å². The van der Waals surface area contributed by atoms with Crippen LogP contribution < -0.4 is 10.6 Å². The molecule has 2 aromatic heterocycles. The first kappa shape index (κ1) is 23.2. The van der Waals surface area contributed by atoms with Gasteiger partial charge < -0.3 is 10.6 Å². The standard InChI is InChI=1S/C15H21ClN2O.C7H13N3/c1-3-11-4-6-13(7-5-11)18-15(19)14-8-12(16)9-17-10(14)2;1-4-6-5(2)7(8-3)10-9-6/h8-9,11,13H,3-7H2,1-2H3,(H,18,19);4H2,1-3H3,(H2,8,9,10). The number of amides is 1. The summed E-state index contributed by atoms with van der Waals surface area (Å²) in [5.74, 6) is 1.74. The summed E-state index contributed by atoms with van der Waals surface area (Å²) < 4.78 is 0. The van der Waals surface area contributed by atoms with Crippen LogP contribution in [0.5, 0.6) is 0 Å². The molecule has 2 aromatic rings. The zero-order valence-corrected chi connectivity index (χ0v) is 19.0. The van der Waals surface area contributed by atoms with Crippen LogP contribution in [0.4, 0.5) is 5.82 Å². The maximum absolute atomic E-state index is 12.2. The van der Waals surface area contributed by atoms with Crippen LogP contribution in [0.25, 0.3) is 0 Å². The van der Waals surface area contributed by atoms with Gasteiger partial charge in [-0.25, -0.2) is 0 Å². The smallest absolute Gasteiger partial charge is 0.253 e. The van der Waals surface area contributed by atoms with Gasteiger partial charge in [-0.15, -0.1) is 0 Å². The van der Waals surface area contributed by atoms with Gasteiger partial charge in [0.1, 0.15) is 0 Å². The number of nitrogens with zero attached hydrogens (tertiary/aromatic N) is 2. The normalized spacial score (nSPS) is 18.6. The van der Waals surface area contributed by atoms with Crippen LogP contribution in [0.1, 0.15) is 73.3 Å². The highest BCUT2D eigenvalue weighted by Crippen LogP contribution is 2.26. The third-order valence-corrected chi connectivity index (χ3v) is 5.97. The van der Waals surface area contributed by atoms with E-state index in [1.165, 1.54) is 30.5 Å². The van der Waals surface area contributed by atoms with Crippen molar-refractivity contribution >= 4 is 23.3 Å². The number of hydrogen-bond donors (Lipinski definition) is 3. The molecule has 2 heterocycles. The maximum atomic E-state index is 12.2. The van der Waals surface area contributed by atoms with E-state index in [1.807, 2.05) is 14.0 Å². The Bertz CT molecular complexity index is 775. The Morgan fingerprint density at radius 3 is 2.45 bits per heavy atom. The average molecular weight is 420 g/mol. The lowest BCUT2D eigenvalue weighted by molar-refractivity contribution is 0.0920. The molecule has 29 heavy (non-hydrogen) atoms. The highest BCUT2D eigenvalue weighted by molar-refractivity contribution is 6.30. The van der Waals surface area contributed by atoms with Crippen molar-refractivity contribution in [1.29, 1.82) is 0 Å². The lowest BCUT2D eigenvalue weighted by Crippen LogP contribution is -2.38. The molecular formula is C22H34ClN5O. The number of nitrogens with one attached hydrogen (secondary N) is 3. The summed E-state index contributed by atoms with van der Waals surface area (Å²) in [5.41, 5.74) is 3.75. The van der Waals surface area contributed by atoms with Crippen LogP contribution in [0.3, 0.4) is 0 Å². The van der Waals surface area contributed by atoms with Gasteiger partial charge in [-0.2, -0.15) is 5.10 Å². The van der Waals surface area contributed by atoms with Gasteiger partial charge >= 0.3 is 0 Å². The molecule has 0 bridgehead atoms. The van der Waals surface area contributed by atoms with Crippen LogP contribution >= 0.6 is 11.6 Å². The van der Waals surface area contributed by atoms with Crippen molar-refractivity contribution in [2.45, 2.75) is 72.3 Å². The molecule has 160 valence electrons. The fourth-order valence-corrected chi connectivity index (χ4v) is 3.90. The quantitative estimate of drug-likeness (QED) is 0.632. The number of carbonyl (C=O) groups is 1. The number of aryl methyl sites for hydroxylation is 2. The molecule has 0 atom stereocenters. The Labute approximate surface area is 179 Å². The lowest BCUT2D eigenvalue weighted by Gasteiger charge is -2.28. The van der Waals surface area contributed by atoms with Crippen LogP contribution in [0.15, 0.2) is 12.3 Å². The van der Waals surface area contributed by atoms with Gasteiger partial charge in [-0.1, -0.05) is 31.9 Å². The molecule has 0 aromatic carbocycles. The molecule has 1 fully saturated rings. The van der Waals surface area contributed by atoms with E-state index in [1.54, 1.807) is 12.3 Å². The van der Waals surface area contributed by atoms with Crippen molar-refractivity contribution in [1.82, 2.24) is 20.5 Å². The van der Waals surface area contributed by atoms with E-state index in [0.29, 0.717) is 16.6 Å². The summed E-state index contributed by atoms with van der Waals surface area (Å²) >= 11 is 5.90. The number of anilines is 1. The minimum atomic E-state index is -0.0487. The molecule has 0 radical (unpaired) electrons. The van der Waals surface area contributed by atoms with Crippen molar-refractivity contribution in [3.8, 4) is 0 Å². The Balaban J connectivity index is 0.000000253. The molecule has 0 unspecified atom stereocenters. The van der Waals surface area contributed by atoms with Crippen molar-refractivity contribution in [3.05, 3.63) is 39.8 Å². The Kier molecular flexibility index (Phi) is 8.96. The molecule has 3 N–H and O–H groups in total.